The lowest BCUT2D eigenvalue weighted by Gasteiger charge is -2.10. The molecule has 146 valence electrons. The van der Waals surface area contributed by atoms with E-state index in [2.05, 4.69) is 20.4 Å². The number of phenolic OH excluding ortho intramolecular Hbond substituents is 1. The zero-order chi connectivity index (χ0) is 20.9. The van der Waals surface area contributed by atoms with Crippen molar-refractivity contribution >= 4 is 11.8 Å². The molecule has 0 amide bonds. The predicted octanol–water partition coefficient (Wildman–Crippen LogP) is 5.16. The van der Waals surface area contributed by atoms with E-state index in [9.17, 15) is 5.11 Å². The van der Waals surface area contributed by atoms with Crippen molar-refractivity contribution in [2.24, 2.45) is 0 Å². The summed E-state index contributed by atoms with van der Waals surface area (Å²) in [5, 5.41) is 21.4. The Hall–Kier alpha value is -3.89. The fourth-order valence-corrected chi connectivity index (χ4v) is 3.27. The molecule has 0 saturated carbocycles. The van der Waals surface area contributed by atoms with E-state index in [1.165, 1.54) is 13.2 Å². The Bertz CT molecular complexity index is 1220. The van der Waals surface area contributed by atoms with E-state index in [0.29, 0.717) is 28.8 Å². The molecule has 1 heterocycles. The lowest BCUT2D eigenvalue weighted by atomic mass is 10.1. The molecule has 6 nitrogen and oxygen atoms in total. The highest BCUT2D eigenvalue weighted by Crippen LogP contribution is 2.32. The van der Waals surface area contributed by atoms with Crippen molar-refractivity contribution in [3.8, 4) is 51.1 Å². The van der Waals surface area contributed by atoms with Crippen molar-refractivity contribution in [2.75, 3.05) is 7.11 Å². The van der Waals surface area contributed by atoms with Gasteiger partial charge in [-0.1, -0.05) is 42.5 Å². The number of hydrogen-bond donors (Lipinski definition) is 1. The number of thioether (sulfide) groups is 1. The van der Waals surface area contributed by atoms with E-state index in [0.717, 1.165) is 27.8 Å². The van der Waals surface area contributed by atoms with E-state index in [1.54, 1.807) is 12.1 Å². The van der Waals surface area contributed by atoms with Crippen molar-refractivity contribution in [3.05, 3.63) is 72.8 Å². The van der Waals surface area contributed by atoms with Gasteiger partial charge in [-0.2, -0.15) is 5.26 Å². The third kappa shape index (κ3) is 4.09. The topological polar surface area (TPSA) is 91.9 Å². The van der Waals surface area contributed by atoms with Gasteiger partial charge in [0.2, 0.25) is 0 Å². The number of hydrogen-bond acceptors (Lipinski definition) is 7. The fourth-order valence-electron chi connectivity index (χ4n) is 2.89. The number of nitrogens with zero attached hydrogens (tertiary/aromatic N) is 4. The summed E-state index contributed by atoms with van der Waals surface area (Å²) < 4.78 is 5.16. The lowest BCUT2D eigenvalue weighted by molar-refractivity contribution is 0.408. The van der Waals surface area contributed by atoms with Crippen LogP contribution in [0.5, 0.6) is 11.5 Å². The van der Waals surface area contributed by atoms with Gasteiger partial charge in [0, 0.05) is 22.1 Å². The Labute approximate surface area is 177 Å². The van der Waals surface area contributed by atoms with E-state index in [4.69, 9.17) is 10.00 Å². The second kappa shape index (κ2) is 8.64. The molecule has 0 aliphatic rings. The average molecular weight is 412 g/mol. The Balaban J connectivity index is 1.86. The molecule has 4 rings (SSSR count). The van der Waals surface area contributed by atoms with E-state index in [1.807, 2.05) is 54.6 Å². The van der Waals surface area contributed by atoms with E-state index in [-0.39, 0.29) is 5.75 Å². The Morgan fingerprint density at radius 2 is 1.47 bits per heavy atom. The molecule has 1 aromatic heterocycles. The highest BCUT2D eigenvalue weighted by atomic mass is 32.2. The third-order valence-corrected chi connectivity index (χ3v) is 4.99. The molecule has 0 atom stereocenters. The Kier molecular flexibility index (Phi) is 5.59. The summed E-state index contributed by atoms with van der Waals surface area (Å²) in [6.45, 7) is 0. The molecule has 0 fully saturated rings. The van der Waals surface area contributed by atoms with Crippen molar-refractivity contribution in [1.29, 1.82) is 5.26 Å². The van der Waals surface area contributed by atoms with Gasteiger partial charge in [-0.25, -0.2) is 15.0 Å². The highest BCUT2D eigenvalue weighted by Gasteiger charge is 2.15. The number of ether oxygens (including phenoxy) is 1. The number of aromatic hydroxyl groups is 1. The van der Waals surface area contributed by atoms with Crippen molar-refractivity contribution in [2.45, 2.75) is 4.90 Å². The molecule has 0 saturated heterocycles. The molecule has 0 radical (unpaired) electrons. The predicted molar refractivity (Wildman–Crippen MR) is 116 cm³/mol. The normalized spacial score (nSPS) is 10.4. The molecule has 0 bridgehead atoms. The van der Waals surface area contributed by atoms with Gasteiger partial charge in [-0.3, -0.25) is 0 Å². The van der Waals surface area contributed by atoms with Gasteiger partial charge in [0.1, 0.15) is 16.9 Å². The molecule has 0 unspecified atom stereocenters. The van der Waals surface area contributed by atoms with Gasteiger partial charge in [-0.05, 0) is 36.0 Å². The maximum absolute atomic E-state index is 10.5. The van der Waals surface area contributed by atoms with Crippen LogP contribution in [-0.4, -0.2) is 27.2 Å². The van der Waals surface area contributed by atoms with Crippen LogP contribution in [-0.2, 0) is 0 Å². The summed E-state index contributed by atoms with van der Waals surface area (Å²) in [6, 6.07) is 22.0. The van der Waals surface area contributed by atoms with Crippen LogP contribution in [0.25, 0.3) is 34.2 Å². The molecule has 3 aromatic carbocycles. The summed E-state index contributed by atoms with van der Waals surface area (Å²) >= 11 is 1.09. The first kappa shape index (κ1) is 19.4. The van der Waals surface area contributed by atoms with Crippen LogP contribution in [0.15, 0.2) is 77.7 Å². The minimum Gasteiger partial charge on any atom is -0.507 e. The largest absolute Gasteiger partial charge is 0.507 e. The molecule has 0 aliphatic heterocycles. The maximum atomic E-state index is 10.5. The molecule has 0 aliphatic carbocycles. The summed E-state index contributed by atoms with van der Waals surface area (Å²) in [4.78, 5) is 14.7. The first-order chi connectivity index (χ1) is 14.7. The summed E-state index contributed by atoms with van der Waals surface area (Å²) in [5.74, 6) is 1.89. The van der Waals surface area contributed by atoms with Crippen molar-refractivity contribution < 1.29 is 9.84 Å². The van der Waals surface area contributed by atoms with Crippen LogP contribution < -0.4 is 4.74 Å². The number of aromatic nitrogens is 3. The van der Waals surface area contributed by atoms with Crippen LogP contribution >= 0.6 is 11.8 Å². The molecular formula is C23H16N4O2S. The van der Waals surface area contributed by atoms with Crippen LogP contribution in [0.3, 0.4) is 0 Å². The standard InChI is InChI=1S/C23H16N4O2S/c1-29-17-9-12-19(20(28)13-17)23-26-21(15-5-3-2-4-6-15)25-22(27-23)16-7-10-18(11-8-16)30-14-24/h2-13,28H,1H3. The monoisotopic (exact) mass is 412 g/mol. The highest BCUT2D eigenvalue weighted by molar-refractivity contribution is 8.03. The number of rotatable bonds is 5. The molecule has 30 heavy (non-hydrogen) atoms. The van der Waals surface area contributed by atoms with Crippen molar-refractivity contribution in [3.63, 3.8) is 0 Å². The second-order valence-corrected chi connectivity index (χ2v) is 7.13. The third-order valence-electron chi connectivity index (χ3n) is 4.39. The van der Waals surface area contributed by atoms with E-state index < -0.39 is 0 Å². The summed E-state index contributed by atoms with van der Waals surface area (Å²) in [5.41, 5.74) is 2.10. The SMILES string of the molecule is COc1ccc(-c2nc(-c3ccccc3)nc(-c3ccc(SC#N)cc3)n2)c(O)c1. The first-order valence-electron chi connectivity index (χ1n) is 9.03. The van der Waals surface area contributed by atoms with Gasteiger partial charge in [0.15, 0.2) is 17.5 Å². The number of thiocyanates is 1. The smallest absolute Gasteiger partial charge is 0.167 e. The van der Waals surface area contributed by atoms with Gasteiger partial charge in [-0.15, -0.1) is 0 Å². The molecular weight excluding hydrogens is 396 g/mol. The summed E-state index contributed by atoms with van der Waals surface area (Å²) in [6.07, 6.45) is 0. The van der Waals surface area contributed by atoms with Gasteiger partial charge >= 0.3 is 0 Å². The lowest BCUT2D eigenvalue weighted by Crippen LogP contribution is -2.00. The van der Waals surface area contributed by atoms with Crippen molar-refractivity contribution in [1.82, 2.24) is 15.0 Å². The Morgan fingerprint density at radius 1 is 0.833 bits per heavy atom. The minimum atomic E-state index is 0.0197. The van der Waals surface area contributed by atoms with Crippen LogP contribution in [0.2, 0.25) is 0 Å². The van der Waals surface area contributed by atoms with Gasteiger partial charge in [0.05, 0.1) is 12.7 Å². The minimum absolute atomic E-state index is 0.0197. The van der Waals surface area contributed by atoms with Crippen LogP contribution in [0.1, 0.15) is 0 Å². The fraction of sp³-hybridized carbons (Fsp3) is 0.0435. The van der Waals surface area contributed by atoms with Crippen LogP contribution in [0.4, 0.5) is 0 Å². The zero-order valence-electron chi connectivity index (χ0n) is 16.0. The quantitative estimate of drug-likeness (QED) is 0.357. The molecule has 1 N–H and O–H groups in total. The molecule has 0 spiro atoms. The second-order valence-electron chi connectivity index (χ2n) is 6.27. The first-order valence-corrected chi connectivity index (χ1v) is 9.85. The van der Waals surface area contributed by atoms with E-state index >= 15 is 0 Å². The molecule has 4 aromatic rings. The molecule has 7 heteroatoms. The summed E-state index contributed by atoms with van der Waals surface area (Å²) in [7, 11) is 1.54. The Morgan fingerprint density at radius 3 is 2.07 bits per heavy atom. The number of phenols is 1. The number of nitriles is 1. The van der Waals surface area contributed by atoms with Gasteiger partial charge in [0.25, 0.3) is 0 Å². The maximum Gasteiger partial charge on any atom is 0.167 e. The average Bonchev–Trinajstić information content (AvgIpc) is 2.80. The number of benzene rings is 3. The van der Waals surface area contributed by atoms with Crippen LogP contribution in [0, 0.1) is 10.7 Å². The number of methoxy groups -OCH3 is 1. The zero-order valence-corrected chi connectivity index (χ0v) is 16.8. The van der Waals surface area contributed by atoms with Gasteiger partial charge < -0.3 is 9.84 Å².